The number of rotatable bonds is 5. The molecule has 78 valence electrons. The zero-order valence-electron chi connectivity index (χ0n) is 8.96. The minimum absolute atomic E-state index is 0.157. The first-order chi connectivity index (χ1) is 6.70. The molecule has 1 aromatic carbocycles. The van der Waals surface area contributed by atoms with Gasteiger partial charge in [0.25, 0.3) is 0 Å². The molecule has 2 heteroatoms. The first-order valence-electron chi connectivity index (χ1n) is 5.04. The number of hydrogen-bond donors (Lipinski definition) is 2. The second-order valence-electron chi connectivity index (χ2n) is 3.95. The van der Waals surface area contributed by atoms with E-state index in [4.69, 9.17) is 0 Å². The van der Waals surface area contributed by atoms with E-state index in [1.165, 1.54) is 5.56 Å². The molecule has 0 bridgehead atoms. The van der Waals surface area contributed by atoms with E-state index in [1.807, 2.05) is 32.2 Å². The highest BCUT2D eigenvalue weighted by Crippen LogP contribution is 2.12. The number of aryl methyl sites for hydroxylation is 1. The van der Waals surface area contributed by atoms with Gasteiger partial charge in [0.15, 0.2) is 0 Å². The third kappa shape index (κ3) is 3.13. The van der Waals surface area contributed by atoms with Crippen LogP contribution in [-0.4, -0.2) is 24.3 Å². The van der Waals surface area contributed by atoms with Gasteiger partial charge in [0, 0.05) is 5.54 Å². The summed E-state index contributed by atoms with van der Waals surface area (Å²) in [5.74, 6) is 0. The van der Waals surface area contributed by atoms with Crippen LogP contribution >= 0.6 is 0 Å². The maximum Gasteiger partial charge on any atom is 0.0610 e. The largest absolute Gasteiger partial charge is 0.394 e. The smallest absolute Gasteiger partial charge is 0.0610 e. The molecule has 0 aromatic heterocycles. The Bertz CT molecular complexity index is 254. The highest BCUT2D eigenvalue weighted by Gasteiger charge is 2.19. The van der Waals surface area contributed by atoms with Crippen LogP contribution in [0.2, 0.25) is 0 Å². The second-order valence-corrected chi connectivity index (χ2v) is 3.95. The molecule has 1 rings (SSSR count). The van der Waals surface area contributed by atoms with Crippen molar-refractivity contribution in [3.63, 3.8) is 0 Å². The van der Waals surface area contributed by atoms with Crippen LogP contribution in [0.3, 0.4) is 0 Å². The van der Waals surface area contributed by atoms with Crippen LogP contribution in [0.4, 0.5) is 0 Å². The number of nitrogens with one attached hydrogen (secondary N) is 1. The molecule has 0 amide bonds. The van der Waals surface area contributed by atoms with Crippen LogP contribution in [0.1, 0.15) is 18.9 Å². The number of hydrogen-bond acceptors (Lipinski definition) is 2. The van der Waals surface area contributed by atoms with Gasteiger partial charge in [-0.05, 0) is 32.4 Å². The maximum atomic E-state index is 9.20. The second kappa shape index (κ2) is 5.13. The summed E-state index contributed by atoms with van der Waals surface area (Å²) in [4.78, 5) is 0. The van der Waals surface area contributed by atoms with E-state index in [-0.39, 0.29) is 12.1 Å². The minimum Gasteiger partial charge on any atom is -0.394 e. The summed E-state index contributed by atoms with van der Waals surface area (Å²) in [7, 11) is 1.89. The predicted molar refractivity (Wildman–Crippen MR) is 59.3 cm³/mol. The van der Waals surface area contributed by atoms with Gasteiger partial charge >= 0.3 is 0 Å². The van der Waals surface area contributed by atoms with Gasteiger partial charge in [-0.3, -0.25) is 0 Å². The maximum absolute atomic E-state index is 9.20. The van der Waals surface area contributed by atoms with Gasteiger partial charge in [0.2, 0.25) is 0 Å². The van der Waals surface area contributed by atoms with Gasteiger partial charge in [-0.2, -0.15) is 0 Å². The summed E-state index contributed by atoms with van der Waals surface area (Å²) in [6.45, 7) is 2.21. The highest BCUT2D eigenvalue weighted by atomic mass is 16.3. The summed E-state index contributed by atoms with van der Waals surface area (Å²) in [5, 5.41) is 12.3. The zero-order chi connectivity index (χ0) is 10.4. The summed E-state index contributed by atoms with van der Waals surface area (Å²) in [6.07, 6.45) is 1.95. The van der Waals surface area contributed by atoms with E-state index >= 15 is 0 Å². The quantitative estimate of drug-likeness (QED) is 0.744. The fourth-order valence-corrected chi connectivity index (χ4v) is 1.35. The van der Waals surface area contributed by atoms with Crippen molar-refractivity contribution in [3.05, 3.63) is 35.9 Å². The molecule has 1 atom stereocenters. The van der Waals surface area contributed by atoms with Crippen molar-refractivity contribution >= 4 is 0 Å². The van der Waals surface area contributed by atoms with Crippen molar-refractivity contribution in [1.29, 1.82) is 0 Å². The molecule has 2 nitrogen and oxygen atoms in total. The lowest BCUT2D eigenvalue weighted by Gasteiger charge is -2.26. The molecule has 0 aliphatic carbocycles. The molecule has 0 aliphatic heterocycles. The van der Waals surface area contributed by atoms with Crippen LogP contribution in [0.15, 0.2) is 30.3 Å². The standard InChI is InChI=1S/C12H19NO/c1-12(10-14,13-2)9-8-11-6-4-3-5-7-11/h3-7,13-14H,8-10H2,1-2H3. The Morgan fingerprint density at radius 2 is 1.93 bits per heavy atom. The molecule has 2 N–H and O–H groups in total. The fraction of sp³-hybridized carbons (Fsp3) is 0.500. The van der Waals surface area contributed by atoms with Crippen molar-refractivity contribution in [2.24, 2.45) is 0 Å². The van der Waals surface area contributed by atoms with Crippen molar-refractivity contribution in [1.82, 2.24) is 5.32 Å². The van der Waals surface area contributed by atoms with Gasteiger partial charge in [-0.25, -0.2) is 0 Å². The summed E-state index contributed by atoms with van der Waals surface area (Å²) in [5.41, 5.74) is 1.16. The minimum atomic E-state index is -0.157. The Balaban J connectivity index is 2.48. The van der Waals surface area contributed by atoms with Gasteiger partial charge in [-0.15, -0.1) is 0 Å². The van der Waals surface area contributed by atoms with Crippen molar-refractivity contribution < 1.29 is 5.11 Å². The predicted octanol–water partition coefficient (Wildman–Crippen LogP) is 1.59. The SMILES string of the molecule is CNC(C)(CO)CCc1ccccc1. The molecule has 1 aromatic rings. The van der Waals surface area contributed by atoms with Crippen LogP contribution in [-0.2, 0) is 6.42 Å². The molecule has 0 heterocycles. The van der Waals surface area contributed by atoms with Crippen LogP contribution < -0.4 is 5.32 Å². The van der Waals surface area contributed by atoms with E-state index in [0.717, 1.165) is 12.8 Å². The Morgan fingerprint density at radius 1 is 1.29 bits per heavy atom. The van der Waals surface area contributed by atoms with E-state index in [9.17, 15) is 5.11 Å². The van der Waals surface area contributed by atoms with Crippen LogP contribution in [0.5, 0.6) is 0 Å². The van der Waals surface area contributed by atoms with E-state index in [2.05, 4.69) is 17.4 Å². The third-order valence-corrected chi connectivity index (χ3v) is 2.76. The van der Waals surface area contributed by atoms with Gasteiger partial charge in [-0.1, -0.05) is 30.3 Å². The molecular weight excluding hydrogens is 174 g/mol. The molecular formula is C12H19NO. The van der Waals surface area contributed by atoms with E-state index in [0.29, 0.717) is 0 Å². The summed E-state index contributed by atoms with van der Waals surface area (Å²) in [6, 6.07) is 10.4. The Labute approximate surface area is 86.0 Å². The molecule has 0 radical (unpaired) electrons. The molecule has 14 heavy (non-hydrogen) atoms. The van der Waals surface area contributed by atoms with Crippen molar-refractivity contribution in [3.8, 4) is 0 Å². The van der Waals surface area contributed by atoms with Gasteiger partial charge < -0.3 is 10.4 Å². The monoisotopic (exact) mass is 193 g/mol. The van der Waals surface area contributed by atoms with Gasteiger partial charge in [0.1, 0.15) is 0 Å². The summed E-state index contributed by atoms with van der Waals surface area (Å²) < 4.78 is 0. The lowest BCUT2D eigenvalue weighted by Crippen LogP contribution is -2.43. The number of aliphatic hydroxyl groups is 1. The van der Waals surface area contributed by atoms with E-state index in [1.54, 1.807) is 0 Å². The lowest BCUT2D eigenvalue weighted by molar-refractivity contribution is 0.174. The van der Waals surface area contributed by atoms with Crippen LogP contribution in [0, 0.1) is 0 Å². The highest BCUT2D eigenvalue weighted by molar-refractivity contribution is 5.15. The fourth-order valence-electron chi connectivity index (χ4n) is 1.35. The Kier molecular flexibility index (Phi) is 4.11. The first kappa shape index (κ1) is 11.2. The van der Waals surface area contributed by atoms with Crippen molar-refractivity contribution in [2.45, 2.75) is 25.3 Å². The molecule has 0 aliphatic rings. The van der Waals surface area contributed by atoms with E-state index < -0.39 is 0 Å². The Morgan fingerprint density at radius 3 is 2.43 bits per heavy atom. The first-order valence-corrected chi connectivity index (χ1v) is 5.04. The average Bonchev–Trinajstić information content (AvgIpc) is 2.27. The normalized spacial score (nSPS) is 15.1. The van der Waals surface area contributed by atoms with Gasteiger partial charge in [0.05, 0.1) is 6.61 Å². The number of likely N-dealkylation sites (N-methyl/N-ethyl adjacent to an activating group) is 1. The molecule has 1 unspecified atom stereocenters. The third-order valence-electron chi connectivity index (χ3n) is 2.76. The zero-order valence-corrected chi connectivity index (χ0v) is 8.96. The summed E-state index contributed by atoms with van der Waals surface area (Å²) >= 11 is 0. The van der Waals surface area contributed by atoms with Crippen LogP contribution in [0.25, 0.3) is 0 Å². The number of benzene rings is 1. The van der Waals surface area contributed by atoms with Crippen molar-refractivity contribution in [2.75, 3.05) is 13.7 Å². The number of aliphatic hydroxyl groups excluding tert-OH is 1. The molecule has 0 fully saturated rings. The molecule has 0 saturated carbocycles. The Hall–Kier alpha value is -0.860. The molecule has 0 spiro atoms. The lowest BCUT2D eigenvalue weighted by atomic mass is 9.94. The average molecular weight is 193 g/mol. The topological polar surface area (TPSA) is 32.3 Å². The molecule has 0 saturated heterocycles.